The molecule has 1 heterocycles. The van der Waals surface area contributed by atoms with Crippen LogP contribution in [0.25, 0.3) is 0 Å². The van der Waals surface area contributed by atoms with Crippen molar-refractivity contribution in [1.82, 2.24) is 10.2 Å². The van der Waals surface area contributed by atoms with Crippen LogP contribution in [0.5, 0.6) is 0 Å². The molecule has 2 rings (SSSR count). The van der Waals surface area contributed by atoms with Gasteiger partial charge in [-0.2, -0.15) is 0 Å². The minimum atomic E-state index is -0.161. The lowest BCUT2D eigenvalue weighted by atomic mass is 10.1. The second-order valence-corrected chi connectivity index (χ2v) is 5.65. The smallest absolute Gasteiger partial charge is 0.319 e. The number of anilines is 1. The summed E-state index contributed by atoms with van der Waals surface area (Å²) in [7, 11) is 0. The zero-order chi connectivity index (χ0) is 15.1. The second kappa shape index (κ2) is 8.00. The fraction of sp³-hybridized carbons (Fsp3) is 0.562. The molecule has 5 heteroatoms. The first-order valence-corrected chi connectivity index (χ1v) is 7.60. The molecule has 1 fully saturated rings. The predicted molar refractivity (Wildman–Crippen MR) is 84.7 cm³/mol. The Balaban J connectivity index is 1.77. The number of benzene rings is 1. The van der Waals surface area contributed by atoms with Crippen LogP contribution in [0.1, 0.15) is 19.4 Å². The van der Waals surface area contributed by atoms with Gasteiger partial charge in [0.05, 0.1) is 13.2 Å². The van der Waals surface area contributed by atoms with E-state index in [4.69, 9.17) is 4.74 Å². The lowest BCUT2D eigenvalue weighted by Crippen LogP contribution is -2.37. The first kappa shape index (κ1) is 15.8. The van der Waals surface area contributed by atoms with Crippen LogP contribution in [0.2, 0.25) is 0 Å². The Morgan fingerprint density at radius 3 is 2.52 bits per heavy atom. The Morgan fingerprint density at radius 2 is 1.90 bits per heavy atom. The molecule has 0 aliphatic carbocycles. The van der Waals surface area contributed by atoms with Gasteiger partial charge in [0.25, 0.3) is 0 Å². The number of amides is 2. The van der Waals surface area contributed by atoms with Gasteiger partial charge in [-0.1, -0.05) is 12.1 Å². The number of urea groups is 1. The summed E-state index contributed by atoms with van der Waals surface area (Å²) in [6, 6.07) is 8.03. The molecule has 0 radical (unpaired) electrons. The van der Waals surface area contributed by atoms with Crippen molar-refractivity contribution in [2.75, 3.05) is 38.2 Å². The quantitative estimate of drug-likeness (QED) is 0.873. The van der Waals surface area contributed by atoms with Crippen molar-refractivity contribution in [2.45, 2.75) is 26.3 Å². The third-order valence-corrected chi connectivity index (χ3v) is 3.45. The fourth-order valence-electron chi connectivity index (χ4n) is 2.30. The Kier molecular flexibility index (Phi) is 6.02. The summed E-state index contributed by atoms with van der Waals surface area (Å²) >= 11 is 0. The Morgan fingerprint density at radius 1 is 1.24 bits per heavy atom. The zero-order valence-electron chi connectivity index (χ0n) is 12.9. The minimum absolute atomic E-state index is 0.137. The third kappa shape index (κ3) is 5.73. The molecule has 1 saturated heterocycles. The minimum Gasteiger partial charge on any atom is -0.379 e. The lowest BCUT2D eigenvalue weighted by Gasteiger charge is -2.26. The van der Waals surface area contributed by atoms with Crippen molar-refractivity contribution >= 4 is 11.7 Å². The van der Waals surface area contributed by atoms with E-state index in [9.17, 15) is 4.79 Å². The maximum Gasteiger partial charge on any atom is 0.319 e. The Hall–Kier alpha value is -1.59. The van der Waals surface area contributed by atoms with E-state index in [1.807, 2.05) is 26.0 Å². The molecule has 1 aromatic carbocycles. The van der Waals surface area contributed by atoms with Crippen LogP contribution in [-0.2, 0) is 11.2 Å². The molecule has 0 saturated carbocycles. The molecule has 0 aromatic heterocycles. The van der Waals surface area contributed by atoms with Crippen LogP contribution in [0, 0.1) is 0 Å². The van der Waals surface area contributed by atoms with E-state index in [1.54, 1.807) is 0 Å². The number of ether oxygens (including phenoxy) is 1. The number of hydrogen-bond acceptors (Lipinski definition) is 3. The number of morpholine rings is 1. The molecule has 116 valence electrons. The molecule has 0 spiro atoms. The number of hydrogen-bond donors (Lipinski definition) is 2. The average Bonchev–Trinajstić information content (AvgIpc) is 2.47. The van der Waals surface area contributed by atoms with Crippen LogP contribution in [0.3, 0.4) is 0 Å². The van der Waals surface area contributed by atoms with Crippen molar-refractivity contribution in [3.63, 3.8) is 0 Å². The van der Waals surface area contributed by atoms with Gasteiger partial charge >= 0.3 is 6.03 Å². The standard InChI is InChI=1S/C16H25N3O2/c1-13(2)17-16(20)18-15-5-3-14(4-6-15)7-8-19-9-11-21-12-10-19/h3-6,13H,7-12H2,1-2H3,(H2,17,18,20). The van der Waals surface area contributed by atoms with Gasteiger partial charge in [-0.15, -0.1) is 0 Å². The summed E-state index contributed by atoms with van der Waals surface area (Å²) in [4.78, 5) is 14.0. The molecule has 21 heavy (non-hydrogen) atoms. The van der Waals surface area contributed by atoms with Crippen LogP contribution in [-0.4, -0.2) is 49.8 Å². The van der Waals surface area contributed by atoms with Crippen molar-refractivity contribution < 1.29 is 9.53 Å². The van der Waals surface area contributed by atoms with Crippen LogP contribution >= 0.6 is 0 Å². The number of rotatable bonds is 5. The molecule has 0 atom stereocenters. The van der Waals surface area contributed by atoms with Gasteiger partial charge in [0.2, 0.25) is 0 Å². The monoisotopic (exact) mass is 291 g/mol. The largest absolute Gasteiger partial charge is 0.379 e. The first-order valence-electron chi connectivity index (χ1n) is 7.60. The highest BCUT2D eigenvalue weighted by molar-refractivity contribution is 5.89. The van der Waals surface area contributed by atoms with Crippen molar-refractivity contribution in [3.05, 3.63) is 29.8 Å². The summed E-state index contributed by atoms with van der Waals surface area (Å²) in [5.74, 6) is 0. The van der Waals surface area contributed by atoms with E-state index < -0.39 is 0 Å². The summed E-state index contributed by atoms with van der Waals surface area (Å²) in [5, 5.41) is 5.63. The fourth-order valence-corrected chi connectivity index (χ4v) is 2.30. The van der Waals surface area contributed by atoms with E-state index in [2.05, 4.69) is 27.7 Å². The van der Waals surface area contributed by atoms with Crippen molar-refractivity contribution in [3.8, 4) is 0 Å². The SMILES string of the molecule is CC(C)NC(=O)Nc1ccc(CCN2CCOCC2)cc1. The topological polar surface area (TPSA) is 53.6 Å². The van der Waals surface area contributed by atoms with Gasteiger partial charge in [-0.3, -0.25) is 4.90 Å². The Bertz CT molecular complexity index is 439. The summed E-state index contributed by atoms with van der Waals surface area (Å²) < 4.78 is 5.34. The van der Waals surface area contributed by atoms with Crippen molar-refractivity contribution in [2.24, 2.45) is 0 Å². The van der Waals surface area contributed by atoms with Gasteiger partial charge in [-0.05, 0) is 38.0 Å². The molecule has 2 amide bonds. The van der Waals surface area contributed by atoms with E-state index in [1.165, 1.54) is 5.56 Å². The predicted octanol–water partition coefficient (Wildman–Crippen LogP) is 2.09. The number of carbonyl (C=O) groups is 1. The van der Waals surface area contributed by atoms with Gasteiger partial charge in [0.15, 0.2) is 0 Å². The number of nitrogens with one attached hydrogen (secondary N) is 2. The summed E-state index contributed by atoms with van der Waals surface area (Å²) in [6.45, 7) is 8.66. The van der Waals surface area contributed by atoms with Gasteiger partial charge in [-0.25, -0.2) is 4.79 Å². The molecule has 0 unspecified atom stereocenters. The molecule has 1 aromatic rings. The normalized spacial score (nSPS) is 16.0. The van der Waals surface area contributed by atoms with E-state index in [0.29, 0.717) is 0 Å². The van der Waals surface area contributed by atoms with Crippen LogP contribution < -0.4 is 10.6 Å². The van der Waals surface area contributed by atoms with Gasteiger partial charge in [0.1, 0.15) is 0 Å². The highest BCUT2D eigenvalue weighted by Gasteiger charge is 2.09. The number of nitrogens with zero attached hydrogens (tertiary/aromatic N) is 1. The summed E-state index contributed by atoms with van der Waals surface area (Å²) in [6.07, 6.45) is 1.03. The maximum atomic E-state index is 11.6. The molecule has 2 N–H and O–H groups in total. The first-order chi connectivity index (χ1) is 10.1. The third-order valence-electron chi connectivity index (χ3n) is 3.45. The maximum absolute atomic E-state index is 11.6. The molecular formula is C16H25N3O2. The van der Waals surface area contributed by atoms with Gasteiger partial charge in [0, 0.05) is 31.4 Å². The molecule has 1 aliphatic heterocycles. The lowest BCUT2D eigenvalue weighted by molar-refractivity contribution is 0.0384. The average molecular weight is 291 g/mol. The molecule has 5 nitrogen and oxygen atoms in total. The Labute approximate surface area is 126 Å². The molecule has 1 aliphatic rings. The van der Waals surface area contributed by atoms with Crippen LogP contribution in [0.4, 0.5) is 10.5 Å². The van der Waals surface area contributed by atoms with E-state index in [-0.39, 0.29) is 12.1 Å². The van der Waals surface area contributed by atoms with E-state index >= 15 is 0 Å². The van der Waals surface area contributed by atoms with Crippen molar-refractivity contribution in [1.29, 1.82) is 0 Å². The zero-order valence-corrected chi connectivity index (χ0v) is 12.9. The van der Waals surface area contributed by atoms with E-state index in [0.717, 1.165) is 45.0 Å². The highest BCUT2D eigenvalue weighted by Crippen LogP contribution is 2.11. The highest BCUT2D eigenvalue weighted by atomic mass is 16.5. The van der Waals surface area contributed by atoms with Gasteiger partial charge < -0.3 is 15.4 Å². The molecule has 0 bridgehead atoms. The summed E-state index contributed by atoms with van der Waals surface area (Å²) in [5.41, 5.74) is 2.11. The molecular weight excluding hydrogens is 266 g/mol. The van der Waals surface area contributed by atoms with Crippen LogP contribution in [0.15, 0.2) is 24.3 Å². The number of carbonyl (C=O) groups excluding carboxylic acids is 1. The second-order valence-electron chi connectivity index (χ2n) is 5.65.